The van der Waals surface area contributed by atoms with Crippen molar-refractivity contribution >= 4 is 10.9 Å². The van der Waals surface area contributed by atoms with Gasteiger partial charge >= 0.3 is 6.18 Å². The summed E-state index contributed by atoms with van der Waals surface area (Å²) in [6.45, 7) is 0.519. The number of aromatic nitrogens is 3. The highest BCUT2D eigenvalue weighted by Gasteiger charge is 2.31. The van der Waals surface area contributed by atoms with Gasteiger partial charge in [-0.3, -0.25) is 9.67 Å². The average molecular weight is 369 g/mol. The molecule has 0 spiro atoms. The Bertz CT molecular complexity index is 1070. The van der Waals surface area contributed by atoms with E-state index in [2.05, 4.69) is 10.1 Å². The summed E-state index contributed by atoms with van der Waals surface area (Å²) in [4.78, 5) is 3.62. The number of pyridine rings is 1. The molecule has 0 radical (unpaired) electrons. The molecule has 0 aliphatic heterocycles. The van der Waals surface area contributed by atoms with E-state index in [-0.39, 0.29) is 11.6 Å². The molecule has 2 aromatic carbocycles. The highest BCUT2D eigenvalue weighted by atomic mass is 19.4. The predicted molar refractivity (Wildman–Crippen MR) is 94.6 cm³/mol. The van der Waals surface area contributed by atoms with Crippen molar-refractivity contribution in [3.63, 3.8) is 0 Å². The van der Waals surface area contributed by atoms with Crippen LogP contribution in [0.15, 0.2) is 73.1 Å². The molecule has 4 nitrogen and oxygen atoms in total. The number of rotatable bonds is 4. The standard InChI is InChI=1S/C20H14F3N3O/c21-20(22,23)15-10-16(12-24-11-15)27-19-17-8-4-5-9-18(17)26(25-19)13-14-6-2-1-3-7-14/h1-12H,13H2. The summed E-state index contributed by atoms with van der Waals surface area (Å²) in [7, 11) is 0. The van der Waals surface area contributed by atoms with E-state index in [0.717, 1.165) is 23.3 Å². The van der Waals surface area contributed by atoms with Crippen LogP contribution < -0.4 is 4.74 Å². The molecule has 0 amide bonds. The van der Waals surface area contributed by atoms with Crippen molar-refractivity contribution in [3.8, 4) is 11.6 Å². The fourth-order valence-corrected chi connectivity index (χ4v) is 2.79. The molecule has 0 saturated carbocycles. The van der Waals surface area contributed by atoms with Crippen LogP contribution in [0.1, 0.15) is 11.1 Å². The minimum absolute atomic E-state index is 0.0139. The molecule has 0 saturated heterocycles. The molecule has 2 heterocycles. The minimum Gasteiger partial charge on any atom is -0.435 e. The molecule has 0 fully saturated rings. The number of nitrogens with zero attached hydrogens (tertiary/aromatic N) is 3. The number of alkyl halides is 3. The molecule has 0 unspecified atom stereocenters. The van der Waals surface area contributed by atoms with Crippen molar-refractivity contribution in [2.45, 2.75) is 12.7 Å². The highest BCUT2D eigenvalue weighted by molar-refractivity contribution is 5.84. The molecule has 0 atom stereocenters. The lowest BCUT2D eigenvalue weighted by molar-refractivity contribution is -0.137. The van der Waals surface area contributed by atoms with Crippen LogP contribution in [0.25, 0.3) is 10.9 Å². The number of ether oxygens (including phenoxy) is 1. The van der Waals surface area contributed by atoms with Crippen molar-refractivity contribution in [2.24, 2.45) is 0 Å². The largest absolute Gasteiger partial charge is 0.435 e. The fraction of sp³-hybridized carbons (Fsp3) is 0.100. The van der Waals surface area contributed by atoms with Crippen LogP contribution in [0.5, 0.6) is 11.6 Å². The Morgan fingerprint density at radius 2 is 1.67 bits per heavy atom. The minimum atomic E-state index is -4.49. The molecule has 0 N–H and O–H groups in total. The van der Waals surface area contributed by atoms with Gasteiger partial charge < -0.3 is 4.74 Å². The SMILES string of the molecule is FC(F)(F)c1cncc(Oc2nn(Cc3ccccc3)c3ccccc23)c1. The van der Waals surface area contributed by atoms with Gasteiger partial charge in [-0.1, -0.05) is 42.5 Å². The number of hydrogen-bond acceptors (Lipinski definition) is 3. The third-order valence-corrected chi connectivity index (χ3v) is 4.05. The van der Waals surface area contributed by atoms with Gasteiger partial charge in [0.15, 0.2) is 0 Å². The molecule has 0 aliphatic rings. The number of para-hydroxylation sites is 1. The second-order valence-corrected chi connectivity index (χ2v) is 5.97. The molecule has 0 bridgehead atoms. The molecule has 2 aromatic heterocycles. The second kappa shape index (κ2) is 6.75. The zero-order valence-electron chi connectivity index (χ0n) is 14.0. The first kappa shape index (κ1) is 17.1. The van der Waals surface area contributed by atoms with Gasteiger partial charge in [0.25, 0.3) is 0 Å². The van der Waals surface area contributed by atoms with E-state index in [1.807, 2.05) is 54.6 Å². The average Bonchev–Trinajstić information content (AvgIpc) is 3.00. The molecule has 4 aromatic rings. The third-order valence-electron chi connectivity index (χ3n) is 4.05. The van der Waals surface area contributed by atoms with Crippen LogP contribution in [0.3, 0.4) is 0 Å². The zero-order chi connectivity index (χ0) is 18.9. The maximum Gasteiger partial charge on any atom is 0.418 e. The van der Waals surface area contributed by atoms with Crippen molar-refractivity contribution < 1.29 is 17.9 Å². The lowest BCUT2D eigenvalue weighted by Crippen LogP contribution is -2.05. The molecule has 4 rings (SSSR count). The first-order chi connectivity index (χ1) is 13.0. The van der Waals surface area contributed by atoms with E-state index < -0.39 is 11.7 Å². The van der Waals surface area contributed by atoms with E-state index >= 15 is 0 Å². The Balaban J connectivity index is 1.71. The van der Waals surface area contributed by atoms with Gasteiger partial charge in [0.2, 0.25) is 5.88 Å². The summed E-state index contributed by atoms with van der Waals surface area (Å²) in [5.74, 6) is 0.225. The van der Waals surface area contributed by atoms with Gasteiger partial charge in [-0.05, 0) is 23.8 Å². The van der Waals surface area contributed by atoms with E-state index in [4.69, 9.17) is 4.74 Å². The van der Waals surface area contributed by atoms with Gasteiger partial charge in [0, 0.05) is 6.20 Å². The Hall–Kier alpha value is -3.35. The van der Waals surface area contributed by atoms with Gasteiger partial charge in [0.05, 0.1) is 29.2 Å². The van der Waals surface area contributed by atoms with Crippen LogP contribution in [0.2, 0.25) is 0 Å². The lowest BCUT2D eigenvalue weighted by Gasteiger charge is -2.08. The summed E-state index contributed by atoms with van der Waals surface area (Å²) in [6, 6.07) is 18.1. The van der Waals surface area contributed by atoms with Gasteiger partial charge in [-0.25, -0.2) is 0 Å². The summed E-state index contributed by atoms with van der Waals surface area (Å²) in [5.41, 5.74) is 1.02. The van der Waals surface area contributed by atoms with Crippen LogP contribution in [-0.2, 0) is 12.7 Å². The Labute approximate surface area is 152 Å². The summed E-state index contributed by atoms with van der Waals surface area (Å²) in [5, 5.41) is 5.17. The highest BCUT2D eigenvalue weighted by Crippen LogP contribution is 2.33. The first-order valence-electron chi connectivity index (χ1n) is 8.20. The van der Waals surface area contributed by atoms with E-state index in [0.29, 0.717) is 11.9 Å². The number of fused-ring (bicyclic) bond motifs is 1. The second-order valence-electron chi connectivity index (χ2n) is 5.97. The Morgan fingerprint density at radius 1 is 0.926 bits per heavy atom. The smallest absolute Gasteiger partial charge is 0.418 e. The van der Waals surface area contributed by atoms with E-state index in [1.165, 1.54) is 6.20 Å². The Morgan fingerprint density at radius 3 is 2.44 bits per heavy atom. The topological polar surface area (TPSA) is 39.9 Å². The first-order valence-corrected chi connectivity index (χ1v) is 8.20. The maximum absolute atomic E-state index is 12.9. The van der Waals surface area contributed by atoms with E-state index in [1.54, 1.807) is 4.68 Å². The van der Waals surface area contributed by atoms with Crippen LogP contribution >= 0.6 is 0 Å². The van der Waals surface area contributed by atoms with Crippen LogP contribution in [0, 0.1) is 0 Å². The lowest BCUT2D eigenvalue weighted by atomic mass is 10.2. The molecular weight excluding hydrogens is 355 g/mol. The zero-order valence-corrected chi connectivity index (χ0v) is 14.0. The van der Waals surface area contributed by atoms with Crippen LogP contribution in [-0.4, -0.2) is 14.8 Å². The maximum atomic E-state index is 12.9. The molecule has 27 heavy (non-hydrogen) atoms. The number of hydrogen-bond donors (Lipinski definition) is 0. The number of benzene rings is 2. The van der Waals surface area contributed by atoms with Crippen molar-refractivity contribution in [1.29, 1.82) is 0 Å². The van der Waals surface area contributed by atoms with Gasteiger partial charge in [-0.2, -0.15) is 13.2 Å². The summed E-state index contributed by atoms with van der Waals surface area (Å²) >= 11 is 0. The number of halogens is 3. The van der Waals surface area contributed by atoms with Gasteiger partial charge in [0.1, 0.15) is 5.75 Å². The van der Waals surface area contributed by atoms with Crippen LogP contribution in [0.4, 0.5) is 13.2 Å². The fourth-order valence-electron chi connectivity index (χ4n) is 2.79. The molecule has 7 heteroatoms. The summed E-state index contributed by atoms with van der Waals surface area (Å²) < 4.78 is 46.1. The molecule has 0 aliphatic carbocycles. The molecule has 136 valence electrons. The van der Waals surface area contributed by atoms with E-state index in [9.17, 15) is 13.2 Å². The predicted octanol–water partition coefficient (Wildman–Crippen LogP) is 5.29. The third kappa shape index (κ3) is 3.62. The monoisotopic (exact) mass is 369 g/mol. The summed E-state index contributed by atoms with van der Waals surface area (Å²) in [6.07, 6.45) is -2.49. The quantitative estimate of drug-likeness (QED) is 0.491. The Kier molecular flexibility index (Phi) is 4.27. The van der Waals surface area contributed by atoms with Crippen molar-refractivity contribution in [1.82, 2.24) is 14.8 Å². The normalized spacial score (nSPS) is 11.7. The van der Waals surface area contributed by atoms with Crippen molar-refractivity contribution in [2.75, 3.05) is 0 Å². The van der Waals surface area contributed by atoms with Gasteiger partial charge in [-0.15, -0.1) is 5.10 Å². The molecular formula is C20H14F3N3O. The van der Waals surface area contributed by atoms with Crippen molar-refractivity contribution in [3.05, 3.63) is 84.2 Å².